The van der Waals surface area contributed by atoms with Crippen LogP contribution in [0.4, 0.5) is 0 Å². The first-order chi connectivity index (χ1) is 7.41. The minimum absolute atomic E-state index is 0.565. The average molecular weight is 208 g/mol. The van der Waals surface area contributed by atoms with Gasteiger partial charge in [0, 0.05) is 18.1 Å². The lowest BCUT2D eigenvalue weighted by Gasteiger charge is -2.46. The van der Waals surface area contributed by atoms with Crippen molar-refractivity contribution in [1.82, 2.24) is 10.2 Å². The van der Waals surface area contributed by atoms with E-state index in [1.165, 1.54) is 71.0 Å². The molecular weight excluding hydrogens is 184 g/mol. The van der Waals surface area contributed by atoms with Crippen LogP contribution in [0.2, 0.25) is 0 Å². The maximum absolute atomic E-state index is 3.69. The molecule has 0 bridgehead atoms. The maximum Gasteiger partial charge on any atom is 0.0336 e. The predicted molar refractivity (Wildman–Crippen MR) is 63.0 cm³/mol. The summed E-state index contributed by atoms with van der Waals surface area (Å²) in [5.41, 5.74) is 0.565. The molecule has 1 saturated carbocycles. The zero-order valence-electron chi connectivity index (χ0n) is 9.80. The molecule has 0 aromatic heterocycles. The lowest BCUT2D eigenvalue weighted by molar-refractivity contribution is 0.0503. The van der Waals surface area contributed by atoms with Gasteiger partial charge in [0.25, 0.3) is 0 Å². The Kier molecular flexibility index (Phi) is 2.73. The van der Waals surface area contributed by atoms with Crippen molar-refractivity contribution in [1.29, 1.82) is 0 Å². The Bertz CT molecular complexity index is 221. The van der Waals surface area contributed by atoms with E-state index in [0.717, 1.165) is 6.04 Å². The van der Waals surface area contributed by atoms with Gasteiger partial charge in [-0.2, -0.15) is 0 Å². The van der Waals surface area contributed by atoms with Crippen LogP contribution in [0.25, 0.3) is 0 Å². The van der Waals surface area contributed by atoms with Crippen molar-refractivity contribution in [2.45, 2.75) is 62.9 Å². The van der Waals surface area contributed by atoms with Gasteiger partial charge in [0.2, 0.25) is 0 Å². The lowest BCUT2D eigenvalue weighted by atomic mass is 9.80. The number of hydrogen-bond donors (Lipinski definition) is 1. The summed E-state index contributed by atoms with van der Waals surface area (Å²) in [6.45, 7) is 3.90. The van der Waals surface area contributed by atoms with Gasteiger partial charge in [-0.1, -0.05) is 19.3 Å². The summed E-state index contributed by atoms with van der Waals surface area (Å²) in [4.78, 5) is 2.90. The van der Waals surface area contributed by atoms with Crippen LogP contribution in [0.1, 0.15) is 51.4 Å². The first-order valence-corrected chi connectivity index (χ1v) is 6.88. The number of nitrogens with zero attached hydrogens (tertiary/aromatic N) is 1. The molecule has 0 radical (unpaired) electrons. The van der Waals surface area contributed by atoms with Crippen LogP contribution in [0.5, 0.6) is 0 Å². The standard InChI is InChI=1S/C13H24N2/c1-2-7-13(8-3-1)11-14-9-6-12-5-4-10-15(12)13/h12,14H,1-11H2. The zero-order valence-corrected chi connectivity index (χ0v) is 9.80. The Hall–Kier alpha value is -0.0800. The monoisotopic (exact) mass is 208 g/mol. The predicted octanol–water partition coefficient (Wildman–Crippen LogP) is 2.15. The molecule has 2 aliphatic heterocycles. The fourth-order valence-corrected chi connectivity index (χ4v) is 4.13. The van der Waals surface area contributed by atoms with Crippen LogP contribution < -0.4 is 5.32 Å². The van der Waals surface area contributed by atoms with Crippen molar-refractivity contribution in [3.8, 4) is 0 Å². The highest BCUT2D eigenvalue weighted by molar-refractivity contribution is 5.01. The van der Waals surface area contributed by atoms with E-state index >= 15 is 0 Å². The maximum atomic E-state index is 3.69. The number of fused-ring (bicyclic) bond motifs is 2. The molecule has 0 amide bonds. The van der Waals surface area contributed by atoms with Crippen molar-refractivity contribution in [3.05, 3.63) is 0 Å². The Balaban J connectivity index is 1.83. The van der Waals surface area contributed by atoms with Gasteiger partial charge < -0.3 is 5.32 Å². The summed E-state index contributed by atoms with van der Waals surface area (Å²) in [6, 6.07) is 0.915. The average Bonchev–Trinajstić information content (AvgIpc) is 2.69. The molecule has 1 unspecified atom stereocenters. The minimum atomic E-state index is 0.565. The number of nitrogens with one attached hydrogen (secondary N) is 1. The Morgan fingerprint density at radius 1 is 1.00 bits per heavy atom. The second-order valence-corrected chi connectivity index (χ2v) is 5.74. The molecule has 1 aliphatic carbocycles. The van der Waals surface area contributed by atoms with E-state index in [2.05, 4.69) is 10.2 Å². The first kappa shape index (κ1) is 10.1. The van der Waals surface area contributed by atoms with Crippen molar-refractivity contribution in [3.63, 3.8) is 0 Å². The summed E-state index contributed by atoms with van der Waals surface area (Å²) in [5, 5.41) is 3.69. The highest BCUT2D eigenvalue weighted by Crippen LogP contribution is 2.39. The molecule has 0 aromatic rings. The zero-order chi connectivity index (χ0) is 10.1. The van der Waals surface area contributed by atoms with Crippen LogP contribution in [0.3, 0.4) is 0 Å². The fourth-order valence-electron chi connectivity index (χ4n) is 4.13. The number of hydrogen-bond acceptors (Lipinski definition) is 2. The molecule has 1 spiro atoms. The van der Waals surface area contributed by atoms with Crippen LogP contribution in [-0.2, 0) is 0 Å². The van der Waals surface area contributed by atoms with Gasteiger partial charge in [0.1, 0.15) is 0 Å². The molecule has 0 aromatic carbocycles. The van der Waals surface area contributed by atoms with Crippen LogP contribution >= 0.6 is 0 Å². The molecule has 2 heterocycles. The lowest BCUT2D eigenvalue weighted by Crippen LogP contribution is -2.55. The van der Waals surface area contributed by atoms with Gasteiger partial charge in [-0.3, -0.25) is 4.90 Å². The summed E-state index contributed by atoms with van der Waals surface area (Å²) in [5.74, 6) is 0. The van der Waals surface area contributed by atoms with Gasteiger partial charge in [0.05, 0.1) is 0 Å². The van der Waals surface area contributed by atoms with Crippen molar-refractivity contribution >= 4 is 0 Å². The van der Waals surface area contributed by atoms with E-state index in [1.54, 1.807) is 0 Å². The van der Waals surface area contributed by atoms with E-state index in [4.69, 9.17) is 0 Å². The van der Waals surface area contributed by atoms with Crippen molar-refractivity contribution in [2.75, 3.05) is 19.6 Å². The SMILES string of the molecule is C1CCC2(CC1)CNCCC1CCCN12. The van der Waals surface area contributed by atoms with Gasteiger partial charge in [0.15, 0.2) is 0 Å². The number of rotatable bonds is 0. The summed E-state index contributed by atoms with van der Waals surface area (Å²) < 4.78 is 0. The van der Waals surface area contributed by atoms with E-state index < -0.39 is 0 Å². The first-order valence-electron chi connectivity index (χ1n) is 6.88. The van der Waals surface area contributed by atoms with Crippen LogP contribution in [-0.4, -0.2) is 36.1 Å². The largest absolute Gasteiger partial charge is 0.315 e. The normalized spacial score (nSPS) is 36.4. The highest BCUT2D eigenvalue weighted by Gasteiger charge is 2.43. The summed E-state index contributed by atoms with van der Waals surface area (Å²) >= 11 is 0. The second-order valence-electron chi connectivity index (χ2n) is 5.74. The quantitative estimate of drug-likeness (QED) is 0.656. The minimum Gasteiger partial charge on any atom is -0.315 e. The van der Waals surface area contributed by atoms with Gasteiger partial charge in [-0.05, 0) is 45.2 Å². The summed E-state index contributed by atoms with van der Waals surface area (Å²) in [7, 11) is 0. The van der Waals surface area contributed by atoms with Gasteiger partial charge >= 0.3 is 0 Å². The molecule has 1 atom stereocenters. The smallest absolute Gasteiger partial charge is 0.0336 e. The van der Waals surface area contributed by atoms with Crippen LogP contribution in [0, 0.1) is 0 Å². The molecule has 3 fully saturated rings. The molecule has 1 N–H and O–H groups in total. The summed E-state index contributed by atoms with van der Waals surface area (Å²) in [6.07, 6.45) is 11.6. The molecule has 2 saturated heterocycles. The van der Waals surface area contributed by atoms with Gasteiger partial charge in [-0.15, -0.1) is 0 Å². The second kappa shape index (κ2) is 4.06. The van der Waals surface area contributed by atoms with Crippen molar-refractivity contribution < 1.29 is 0 Å². The third kappa shape index (κ3) is 1.72. The Morgan fingerprint density at radius 3 is 2.73 bits per heavy atom. The van der Waals surface area contributed by atoms with E-state index in [0.29, 0.717) is 5.54 Å². The van der Waals surface area contributed by atoms with Crippen LogP contribution in [0.15, 0.2) is 0 Å². The van der Waals surface area contributed by atoms with E-state index in [-0.39, 0.29) is 0 Å². The molecule has 3 rings (SSSR count). The van der Waals surface area contributed by atoms with E-state index in [9.17, 15) is 0 Å². The van der Waals surface area contributed by atoms with Gasteiger partial charge in [-0.25, -0.2) is 0 Å². The Morgan fingerprint density at radius 2 is 1.87 bits per heavy atom. The third-order valence-electron chi connectivity index (χ3n) is 4.88. The Labute approximate surface area is 93.4 Å². The molecular formula is C13H24N2. The molecule has 86 valence electrons. The molecule has 15 heavy (non-hydrogen) atoms. The molecule has 3 aliphatic rings. The van der Waals surface area contributed by atoms with E-state index in [1.807, 2.05) is 0 Å². The molecule has 2 nitrogen and oxygen atoms in total. The highest BCUT2D eigenvalue weighted by atomic mass is 15.3. The van der Waals surface area contributed by atoms with Crippen molar-refractivity contribution in [2.24, 2.45) is 0 Å². The topological polar surface area (TPSA) is 15.3 Å². The fraction of sp³-hybridized carbons (Fsp3) is 1.00. The third-order valence-corrected chi connectivity index (χ3v) is 4.88. The molecule has 2 heteroatoms.